The highest BCUT2D eigenvalue weighted by Crippen LogP contribution is 2.37. The van der Waals surface area contributed by atoms with Crippen molar-refractivity contribution in [3.05, 3.63) is 16.7 Å². The van der Waals surface area contributed by atoms with E-state index in [1.165, 1.54) is 17.8 Å². The zero-order valence-corrected chi connectivity index (χ0v) is 11.1. The van der Waals surface area contributed by atoms with Crippen LogP contribution in [0.3, 0.4) is 0 Å². The number of rotatable bonds is 2. The van der Waals surface area contributed by atoms with Crippen molar-refractivity contribution in [2.45, 2.75) is 31.0 Å². The van der Waals surface area contributed by atoms with Gasteiger partial charge in [0.2, 0.25) is 5.95 Å². The predicted molar refractivity (Wildman–Crippen MR) is 70.2 cm³/mol. The molecule has 4 atom stereocenters. The van der Waals surface area contributed by atoms with Crippen LogP contribution in [0.25, 0.3) is 11.2 Å². The lowest BCUT2D eigenvalue weighted by Gasteiger charge is -2.24. The Morgan fingerprint density at radius 1 is 1.57 bits per heavy atom. The standard InChI is InChI=1S/C11H15N5O5/c1-11(2-17)6(19)5(18)9(21-11)16-3-13-4-7(16)14-10(12)15-8(4)20/h3,5-6,9,17-19H,2H2,1H3,(H3,12,14,15,20)/t5-,6?,9+,11+/m0/s1. The van der Waals surface area contributed by atoms with Gasteiger partial charge in [-0.15, -0.1) is 0 Å². The second-order valence-electron chi connectivity index (χ2n) is 5.19. The van der Waals surface area contributed by atoms with E-state index in [1.54, 1.807) is 0 Å². The molecular weight excluding hydrogens is 282 g/mol. The summed E-state index contributed by atoms with van der Waals surface area (Å²) < 4.78 is 6.84. The average molecular weight is 297 g/mol. The van der Waals surface area contributed by atoms with Crippen molar-refractivity contribution in [3.63, 3.8) is 0 Å². The molecule has 3 rings (SSSR count). The summed E-state index contributed by atoms with van der Waals surface area (Å²) in [5.41, 5.74) is 3.80. The minimum Gasteiger partial charge on any atom is -0.393 e. The summed E-state index contributed by atoms with van der Waals surface area (Å²) in [6.45, 7) is 0.985. The van der Waals surface area contributed by atoms with E-state index >= 15 is 0 Å². The number of nitrogens with one attached hydrogen (secondary N) is 1. The monoisotopic (exact) mass is 297 g/mol. The lowest BCUT2D eigenvalue weighted by molar-refractivity contribution is -0.115. The molecule has 1 saturated heterocycles. The zero-order valence-electron chi connectivity index (χ0n) is 11.1. The summed E-state index contributed by atoms with van der Waals surface area (Å²) in [5.74, 6) is -0.104. The summed E-state index contributed by atoms with van der Waals surface area (Å²) >= 11 is 0. The molecule has 0 amide bonds. The van der Waals surface area contributed by atoms with E-state index in [0.717, 1.165) is 0 Å². The largest absolute Gasteiger partial charge is 0.393 e. The zero-order chi connectivity index (χ0) is 15.4. The summed E-state index contributed by atoms with van der Waals surface area (Å²) in [7, 11) is 0. The van der Waals surface area contributed by atoms with Crippen molar-refractivity contribution in [2.75, 3.05) is 12.3 Å². The van der Waals surface area contributed by atoms with Crippen molar-refractivity contribution in [2.24, 2.45) is 0 Å². The van der Waals surface area contributed by atoms with Crippen LogP contribution in [-0.4, -0.2) is 59.3 Å². The van der Waals surface area contributed by atoms with Gasteiger partial charge < -0.3 is 25.8 Å². The topological polar surface area (TPSA) is 160 Å². The maximum Gasteiger partial charge on any atom is 0.280 e. The third-order valence-electron chi connectivity index (χ3n) is 3.67. The van der Waals surface area contributed by atoms with Gasteiger partial charge in [-0.1, -0.05) is 0 Å². The fraction of sp³-hybridized carbons (Fsp3) is 0.545. The van der Waals surface area contributed by atoms with Crippen LogP contribution in [0.1, 0.15) is 13.2 Å². The van der Waals surface area contributed by atoms with Crippen molar-refractivity contribution in [1.82, 2.24) is 19.5 Å². The lowest BCUT2D eigenvalue weighted by atomic mass is 9.99. The van der Waals surface area contributed by atoms with Gasteiger partial charge in [-0.3, -0.25) is 14.3 Å². The van der Waals surface area contributed by atoms with Crippen LogP contribution < -0.4 is 11.3 Å². The van der Waals surface area contributed by atoms with Crippen molar-refractivity contribution >= 4 is 17.1 Å². The van der Waals surface area contributed by atoms with E-state index < -0.39 is 36.2 Å². The summed E-state index contributed by atoms with van der Waals surface area (Å²) in [5, 5.41) is 29.4. The quantitative estimate of drug-likeness (QED) is 0.414. The van der Waals surface area contributed by atoms with Gasteiger partial charge >= 0.3 is 0 Å². The van der Waals surface area contributed by atoms with Gasteiger partial charge in [-0.25, -0.2) is 4.98 Å². The molecule has 10 heteroatoms. The number of aromatic nitrogens is 4. The molecule has 0 radical (unpaired) electrons. The first-order chi connectivity index (χ1) is 9.87. The normalized spacial score (nSPS) is 32.9. The molecule has 6 N–H and O–H groups in total. The number of anilines is 1. The predicted octanol–water partition coefficient (Wildman–Crippen LogP) is -2.30. The number of fused-ring (bicyclic) bond motifs is 1. The Kier molecular flexibility index (Phi) is 2.99. The first kappa shape index (κ1) is 13.9. The maximum absolute atomic E-state index is 11.7. The summed E-state index contributed by atoms with van der Waals surface area (Å²) in [6.07, 6.45) is -2.40. The molecule has 2 aromatic rings. The smallest absolute Gasteiger partial charge is 0.280 e. The van der Waals surface area contributed by atoms with Crippen molar-refractivity contribution in [1.29, 1.82) is 0 Å². The van der Waals surface area contributed by atoms with Crippen LogP contribution in [-0.2, 0) is 4.74 Å². The van der Waals surface area contributed by atoms with Gasteiger partial charge in [0, 0.05) is 0 Å². The Balaban J connectivity index is 2.12. The van der Waals surface area contributed by atoms with E-state index in [1.807, 2.05) is 0 Å². The molecule has 0 bridgehead atoms. The first-order valence-electron chi connectivity index (χ1n) is 6.24. The van der Waals surface area contributed by atoms with Gasteiger partial charge in [0.05, 0.1) is 12.9 Å². The molecule has 0 aromatic carbocycles. The molecule has 1 aliphatic rings. The van der Waals surface area contributed by atoms with Gasteiger partial charge in [-0.2, -0.15) is 4.98 Å². The number of aromatic amines is 1. The van der Waals surface area contributed by atoms with Gasteiger partial charge in [0.25, 0.3) is 5.56 Å². The third kappa shape index (κ3) is 1.92. The van der Waals surface area contributed by atoms with E-state index in [9.17, 15) is 20.1 Å². The molecule has 21 heavy (non-hydrogen) atoms. The Bertz CT molecular complexity index is 742. The number of aliphatic hydroxyl groups is 3. The van der Waals surface area contributed by atoms with Crippen LogP contribution >= 0.6 is 0 Å². The number of nitrogen functional groups attached to an aromatic ring is 1. The number of hydrogen-bond donors (Lipinski definition) is 5. The molecule has 1 fully saturated rings. The molecule has 0 aliphatic carbocycles. The molecular formula is C11H15N5O5. The van der Waals surface area contributed by atoms with Gasteiger partial charge in [0.15, 0.2) is 17.4 Å². The fourth-order valence-electron chi connectivity index (χ4n) is 2.41. The second-order valence-corrected chi connectivity index (χ2v) is 5.19. The summed E-state index contributed by atoms with van der Waals surface area (Å²) in [6, 6.07) is 0. The Labute approximate surface area is 117 Å². The average Bonchev–Trinajstić information content (AvgIpc) is 2.95. The van der Waals surface area contributed by atoms with Gasteiger partial charge in [0.1, 0.15) is 17.8 Å². The number of nitrogens with two attached hydrogens (primary N) is 1. The SMILES string of the molecule is C[C@]1(CO)O[C@@H](n2cnc3c(=O)[nH]c(N)nc32)[C@@H](O)C1O. The molecule has 0 spiro atoms. The molecule has 1 aliphatic heterocycles. The number of imidazole rings is 1. The number of aliphatic hydroxyl groups excluding tert-OH is 3. The Hall–Kier alpha value is -2.01. The van der Waals surface area contributed by atoms with Crippen LogP contribution in [0.4, 0.5) is 5.95 Å². The number of nitrogens with zero attached hydrogens (tertiary/aromatic N) is 3. The molecule has 3 heterocycles. The minimum absolute atomic E-state index is 0.0343. The number of H-pyrrole nitrogens is 1. The third-order valence-corrected chi connectivity index (χ3v) is 3.67. The molecule has 10 nitrogen and oxygen atoms in total. The first-order valence-corrected chi connectivity index (χ1v) is 6.24. The highest BCUT2D eigenvalue weighted by atomic mass is 16.6. The van der Waals surface area contributed by atoms with Gasteiger partial charge in [-0.05, 0) is 6.92 Å². The van der Waals surface area contributed by atoms with Crippen molar-refractivity contribution < 1.29 is 20.1 Å². The molecule has 1 unspecified atom stereocenters. The molecule has 2 aromatic heterocycles. The van der Waals surface area contributed by atoms with E-state index in [-0.39, 0.29) is 17.1 Å². The number of hydrogen-bond acceptors (Lipinski definition) is 8. The van der Waals surface area contributed by atoms with E-state index in [2.05, 4.69) is 15.0 Å². The van der Waals surface area contributed by atoms with Crippen LogP contribution in [0, 0.1) is 0 Å². The maximum atomic E-state index is 11.7. The van der Waals surface area contributed by atoms with Crippen LogP contribution in [0.5, 0.6) is 0 Å². The highest BCUT2D eigenvalue weighted by molar-refractivity contribution is 5.70. The molecule has 114 valence electrons. The van der Waals surface area contributed by atoms with Crippen molar-refractivity contribution in [3.8, 4) is 0 Å². The van der Waals surface area contributed by atoms with E-state index in [4.69, 9.17) is 10.5 Å². The van der Waals surface area contributed by atoms with E-state index in [0.29, 0.717) is 0 Å². The minimum atomic E-state index is -1.33. The number of ether oxygens (including phenoxy) is 1. The van der Waals surface area contributed by atoms with Crippen LogP contribution in [0.2, 0.25) is 0 Å². The second kappa shape index (κ2) is 4.49. The summed E-state index contributed by atoms with van der Waals surface area (Å²) in [4.78, 5) is 21.9. The Morgan fingerprint density at radius 3 is 2.90 bits per heavy atom. The lowest BCUT2D eigenvalue weighted by Crippen LogP contribution is -2.43. The Morgan fingerprint density at radius 2 is 2.29 bits per heavy atom. The fourth-order valence-corrected chi connectivity index (χ4v) is 2.41. The highest BCUT2D eigenvalue weighted by Gasteiger charge is 2.52. The molecule has 0 saturated carbocycles. The van der Waals surface area contributed by atoms with Crippen LogP contribution in [0.15, 0.2) is 11.1 Å².